The quantitative estimate of drug-likeness (QED) is 0.857. The standard InChI is InChI=1S/C20H31N3O2/c24-20(17-22-12-14-25-15-13-22)21-16-19(18-8-4-3-5-9-18)23-10-6-1-2-7-11-23/h3-5,8-9,19H,1-2,6-7,10-17H2,(H,21,24). The van der Waals surface area contributed by atoms with Gasteiger partial charge in [0.05, 0.1) is 25.8 Å². The maximum absolute atomic E-state index is 12.4. The van der Waals surface area contributed by atoms with Crippen molar-refractivity contribution in [1.82, 2.24) is 15.1 Å². The zero-order chi connectivity index (χ0) is 17.3. The number of hydrogen-bond acceptors (Lipinski definition) is 4. The van der Waals surface area contributed by atoms with Crippen molar-refractivity contribution >= 4 is 5.91 Å². The SMILES string of the molecule is O=C(CN1CCOCC1)NCC(c1ccccc1)N1CCCCCC1. The molecule has 2 fully saturated rings. The van der Waals surface area contributed by atoms with Crippen molar-refractivity contribution in [2.45, 2.75) is 31.7 Å². The Morgan fingerprint density at radius 3 is 2.36 bits per heavy atom. The maximum Gasteiger partial charge on any atom is 0.234 e. The molecule has 1 amide bonds. The number of carbonyl (C=O) groups excluding carboxylic acids is 1. The van der Waals surface area contributed by atoms with Gasteiger partial charge in [0, 0.05) is 19.6 Å². The highest BCUT2D eigenvalue weighted by molar-refractivity contribution is 5.78. The molecule has 1 N–H and O–H groups in total. The van der Waals surface area contributed by atoms with Crippen molar-refractivity contribution in [2.24, 2.45) is 0 Å². The van der Waals surface area contributed by atoms with Crippen LogP contribution in [0.1, 0.15) is 37.3 Å². The van der Waals surface area contributed by atoms with Crippen molar-refractivity contribution in [1.29, 1.82) is 0 Å². The van der Waals surface area contributed by atoms with E-state index >= 15 is 0 Å². The average molecular weight is 345 g/mol. The zero-order valence-electron chi connectivity index (χ0n) is 15.2. The summed E-state index contributed by atoms with van der Waals surface area (Å²) in [4.78, 5) is 17.1. The van der Waals surface area contributed by atoms with Crippen molar-refractivity contribution in [3.63, 3.8) is 0 Å². The molecular weight excluding hydrogens is 314 g/mol. The highest BCUT2D eigenvalue weighted by atomic mass is 16.5. The van der Waals surface area contributed by atoms with E-state index in [2.05, 4.69) is 45.4 Å². The molecule has 0 saturated carbocycles. The summed E-state index contributed by atoms with van der Waals surface area (Å²) in [6.07, 6.45) is 5.15. The van der Waals surface area contributed by atoms with Crippen molar-refractivity contribution in [3.05, 3.63) is 35.9 Å². The Kier molecular flexibility index (Phi) is 7.27. The van der Waals surface area contributed by atoms with Gasteiger partial charge in [-0.3, -0.25) is 14.6 Å². The Balaban J connectivity index is 1.58. The van der Waals surface area contributed by atoms with Crippen LogP contribution in [0, 0.1) is 0 Å². The molecule has 1 aromatic rings. The van der Waals surface area contributed by atoms with E-state index < -0.39 is 0 Å². The molecule has 0 radical (unpaired) electrons. The third kappa shape index (κ3) is 5.80. The van der Waals surface area contributed by atoms with Gasteiger partial charge in [-0.05, 0) is 31.5 Å². The van der Waals surface area contributed by atoms with Crippen LogP contribution in [0.5, 0.6) is 0 Å². The topological polar surface area (TPSA) is 44.8 Å². The first-order chi connectivity index (χ1) is 12.3. The van der Waals surface area contributed by atoms with Crippen LogP contribution in [-0.4, -0.2) is 68.2 Å². The van der Waals surface area contributed by atoms with E-state index in [0.717, 1.165) is 39.4 Å². The highest BCUT2D eigenvalue weighted by Crippen LogP contribution is 2.23. The second-order valence-electron chi connectivity index (χ2n) is 7.07. The van der Waals surface area contributed by atoms with Crippen molar-refractivity contribution < 1.29 is 9.53 Å². The molecule has 2 aliphatic rings. The first-order valence-corrected chi connectivity index (χ1v) is 9.69. The van der Waals surface area contributed by atoms with E-state index in [1.54, 1.807) is 0 Å². The molecule has 3 rings (SSSR count). The van der Waals surface area contributed by atoms with Gasteiger partial charge in [0.2, 0.25) is 5.91 Å². The van der Waals surface area contributed by atoms with Gasteiger partial charge in [-0.2, -0.15) is 0 Å². The summed E-state index contributed by atoms with van der Waals surface area (Å²) in [6.45, 7) is 6.57. The van der Waals surface area contributed by atoms with Gasteiger partial charge in [0.1, 0.15) is 0 Å². The summed E-state index contributed by atoms with van der Waals surface area (Å²) in [5.41, 5.74) is 1.30. The number of amides is 1. The lowest BCUT2D eigenvalue weighted by Crippen LogP contribution is -2.45. The summed E-state index contributed by atoms with van der Waals surface area (Å²) in [5.74, 6) is 0.123. The van der Waals surface area contributed by atoms with Gasteiger partial charge < -0.3 is 10.1 Å². The first-order valence-electron chi connectivity index (χ1n) is 9.69. The van der Waals surface area contributed by atoms with Crippen molar-refractivity contribution in [3.8, 4) is 0 Å². The minimum Gasteiger partial charge on any atom is -0.379 e. The zero-order valence-corrected chi connectivity index (χ0v) is 15.2. The van der Waals surface area contributed by atoms with Gasteiger partial charge in [-0.1, -0.05) is 43.2 Å². The largest absolute Gasteiger partial charge is 0.379 e. The first kappa shape index (κ1) is 18.4. The molecule has 5 nitrogen and oxygen atoms in total. The number of benzene rings is 1. The minimum absolute atomic E-state index is 0.123. The Morgan fingerprint density at radius 1 is 1.00 bits per heavy atom. The minimum atomic E-state index is 0.123. The van der Waals surface area contributed by atoms with E-state index in [-0.39, 0.29) is 11.9 Å². The van der Waals surface area contributed by atoms with Gasteiger partial charge in [0.25, 0.3) is 0 Å². The lowest BCUT2D eigenvalue weighted by molar-refractivity contribution is -0.123. The van der Waals surface area contributed by atoms with Crippen molar-refractivity contribution in [2.75, 3.05) is 52.5 Å². The second-order valence-corrected chi connectivity index (χ2v) is 7.07. The van der Waals surface area contributed by atoms with Gasteiger partial charge in [-0.25, -0.2) is 0 Å². The molecule has 138 valence electrons. The number of carbonyl (C=O) groups is 1. The predicted molar refractivity (Wildman–Crippen MR) is 99.5 cm³/mol. The van der Waals surface area contributed by atoms with Crippen LogP contribution < -0.4 is 5.32 Å². The molecule has 0 aliphatic carbocycles. The molecule has 2 heterocycles. The van der Waals surface area contributed by atoms with Gasteiger partial charge in [-0.15, -0.1) is 0 Å². The predicted octanol–water partition coefficient (Wildman–Crippen LogP) is 2.05. The molecule has 0 bridgehead atoms. The maximum atomic E-state index is 12.4. The molecule has 1 unspecified atom stereocenters. The normalized spacial score (nSPS) is 21.4. The summed E-state index contributed by atoms with van der Waals surface area (Å²) in [7, 11) is 0. The smallest absolute Gasteiger partial charge is 0.234 e. The molecule has 1 aromatic carbocycles. The number of nitrogens with one attached hydrogen (secondary N) is 1. The molecule has 2 aliphatic heterocycles. The van der Waals surface area contributed by atoms with E-state index in [1.807, 2.05) is 0 Å². The number of nitrogens with zero attached hydrogens (tertiary/aromatic N) is 2. The summed E-state index contributed by atoms with van der Waals surface area (Å²) >= 11 is 0. The summed E-state index contributed by atoms with van der Waals surface area (Å²) < 4.78 is 5.35. The Labute approximate surface area is 151 Å². The molecule has 2 saturated heterocycles. The van der Waals surface area contributed by atoms with Gasteiger partial charge >= 0.3 is 0 Å². The Bertz CT molecular complexity index is 509. The molecule has 0 aromatic heterocycles. The monoisotopic (exact) mass is 345 g/mol. The van der Waals surface area contributed by atoms with Crippen LogP contribution >= 0.6 is 0 Å². The van der Waals surface area contributed by atoms with E-state index in [1.165, 1.54) is 31.2 Å². The Hall–Kier alpha value is -1.43. The van der Waals surface area contributed by atoms with Crippen LogP contribution in [0.15, 0.2) is 30.3 Å². The molecule has 1 atom stereocenters. The van der Waals surface area contributed by atoms with Gasteiger partial charge in [0.15, 0.2) is 0 Å². The molecule has 25 heavy (non-hydrogen) atoms. The summed E-state index contributed by atoms with van der Waals surface area (Å²) in [5, 5.41) is 3.18. The molecular formula is C20H31N3O2. The van der Waals surface area contributed by atoms with E-state index in [9.17, 15) is 4.79 Å². The Morgan fingerprint density at radius 2 is 1.68 bits per heavy atom. The van der Waals surface area contributed by atoms with Crippen LogP contribution in [0.25, 0.3) is 0 Å². The molecule has 5 heteroatoms. The lowest BCUT2D eigenvalue weighted by Gasteiger charge is -2.32. The number of hydrogen-bond donors (Lipinski definition) is 1. The number of morpholine rings is 1. The second kappa shape index (κ2) is 9.90. The number of likely N-dealkylation sites (tertiary alicyclic amines) is 1. The number of rotatable bonds is 6. The third-order valence-electron chi connectivity index (χ3n) is 5.23. The van der Waals surface area contributed by atoms with E-state index in [4.69, 9.17) is 4.74 Å². The van der Waals surface area contributed by atoms with Crippen LogP contribution in [-0.2, 0) is 9.53 Å². The highest BCUT2D eigenvalue weighted by Gasteiger charge is 2.22. The van der Waals surface area contributed by atoms with E-state index in [0.29, 0.717) is 13.1 Å². The molecule has 0 spiro atoms. The third-order valence-corrected chi connectivity index (χ3v) is 5.23. The van der Waals surface area contributed by atoms with Crippen LogP contribution in [0.2, 0.25) is 0 Å². The lowest BCUT2D eigenvalue weighted by atomic mass is 10.0. The fourth-order valence-corrected chi connectivity index (χ4v) is 3.77. The van der Waals surface area contributed by atoms with Crippen LogP contribution in [0.3, 0.4) is 0 Å². The average Bonchev–Trinajstić information content (AvgIpc) is 2.93. The number of ether oxygens (including phenoxy) is 1. The fourth-order valence-electron chi connectivity index (χ4n) is 3.77. The summed E-state index contributed by atoms with van der Waals surface area (Å²) in [6, 6.07) is 10.9. The fraction of sp³-hybridized carbons (Fsp3) is 0.650. The van der Waals surface area contributed by atoms with Crippen LogP contribution in [0.4, 0.5) is 0 Å².